The Morgan fingerprint density at radius 2 is 2.00 bits per heavy atom. The lowest BCUT2D eigenvalue weighted by molar-refractivity contribution is 1.12. The summed E-state index contributed by atoms with van der Waals surface area (Å²) in [5.41, 5.74) is 8.55. The molecule has 5 nitrogen and oxygen atoms in total. The molecule has 0 spiro atoms. The molecule has 0 unspecified atom stereocenters. The molecule has 0 saturated carbocycles. The van der Waals surface area contributed by atoms with Gasteiger partial charge in [-0.3, -0.25) is 10.1 Å². The number of para-hydroxylation sites is 1. The van der Waals surface area contributed by atoms with Gasteiger partial charge in [-0.2, -0.15) is 5.10 Å². The average Bonchev–Trinajstić information content (AvgIpc) is 2.82. The van der Waals surface area contributed by atoms with E-state index in [9.17, 15) is 0 Å². The number of aromatic nitrogens is 3. The van der Waals surface area contributed by atoms with Gasteiger partial charge in [0.15, 0.2) is 10.9 Å². The van der Waals surface area contributed by atoms with Crippen molar-refractivity contribution in [2.75, 3.05) is 5.32 Å². The summed E-state index contributed by atoms with van der Waals surface area (Å²) in [6.07, 6.45) is 3.53. The molecule has 6 heteroatoms. The van der Waals surface area contributed by atoms with Gasteiger partial charge in [0.05, 0.1) is 5.52 Å². The summed E-state index contributed by atoms with van der Waals surface area (Å²) >= 11 is 4.84. The Morgan fingerprint density at radius 1 is 1.21 bits per heavy atom. The molecule has 4 N–H and O–H groups in total. The third-order valence-electron chi connectivity index (χ3n) is 2.83. The van der Waals surface area contributed by atoms with Crippen LogP contribution >= 0.6 is 12.2 Å². The molecule has 0 saturated heterocycles. The van der Waals surface area contributed by atoms with Gasteiger partial charge in [0, 0.05) is 23.3 Å². The molecule has 2 aromatic heterocycles. The zero-order chi connectivity index (χ0) is 13.2. The fourth-order valence-corrected chi connectivity index (χ4v) is 2.12. The molecule has 3 rings (SSSR count). The molecule has 0 amide bonds. The highest BCUT2D eigenvalue weighted by Crippen LogP contribution is 2.30. The number of hydrogen-bond donors (Lipinski definition) is 3. The van der Waals surface area contributed by atoms with E-state index in [4.69, 9.17) is 18.0 Å². The minimum atomic E-state index is 0.197. The van der Waals surface area contributed by atoms with E-state index in [1.807, 2.05) is 30.3 Å². The Balaban J connectivity index is 2.18. The molecule has 0 fully saturated rings. The second-order valence-corrected chi connectivity index (χ2v) is 4.47. The highest BCUT2D eigenvalue weighted by Gasteiger charge is 2.10. The van der Waals surface area contributed by atoms with Crippen molar-refractivity contribution >= 4 is 34.1 Å². The predicted octanol–water partition coefficient (Wildman–Crippen LogP) is 2.28. The number of hydrogen-bond acceptors (Lipinski definition) is 3. The first kappa shape index (κ1) is 11.6. The zero-order valence-electron chi connectivity index (χ0n) is 9.92. The number of nitrogens with two attached hydrogens (primary N) is 1. The van der Waals surface area contributed by atoms with E-state index in [1.165, 1.54) is 0 Å². The van der Waals surface area contributed by atoms with Gasteiger partial charge in [-0.25, -0.2) is 0 Å². The summed E-state index contributed by atoms with van der Waals surface area (Å²) < 4.78 is 0. The third-order valence-corrected chi connectivity index (χ3v) is 2.93. The third kappa shape index (κ3) is 2.13. The van der Waals surface area contributed by atoms with Gasteiger partial charge in [0.1, 0.15) is 0 Å². The SMILES string of the molecule is NC(=S)Nc1n[nH]c2c(-c3ccncc3)cccc12. The van der Waals surface area contributed by atoms with Crippen LogP contribution in [0.15, 0.2) is 42.7 Å². The lowest BCUT2D eigenvalue weighted by atomic mass is 10.0. The quantitative estimate of drug-likeness (QED) is 0.622. The van der Waals surface area contributed by atoms with Crippen molar-refractivity contribution in [1.29, 1.82) is 0 Å². The first-order valence-electron chi connectivity index (χ1n) is 5.69. The van der Waals surface area contributed by atoms with Crippen LogP contribution < -0.4 is 11.1 Å². The maximum Gasteiger partial charge on any atom is 0.169 e. The lowest BCUT2D eigenvalue weighted by Gasteiger charge is -2.03. The van der Waals surface area contributed by atoms with Crippen molar-refractivity contribution in [2.24, 2.45) is 5.73 Å². The van der Waals surface area contributed by atoms with Gasteiger partial charge in [0.2, 0.25) is 0 Å². The van der Waals surface area contributed by atoms with Crippen LogP contribution in [0.1, 0.15) is 0 Å². The number of thiocarbonyl (C=S) groups is 1. The van der Waals surface area contributed by atoms with Gasteiger partial charge in [0.25, 0.3) is 0 Å². The number of H-pyrrole nitrogens is 1. The number of benzene rings is 1. The molecule has 0 atom stereocenters. The maximum atomic E-state index is 5.48. The number of nitrogens with zero attached hydrogens (tertiary/aromatic N) is 2. The Labute approximate surface area is 114 Å². The Bertz CT molecular complexity index is 735. The molecular formula is C13H11N5S. The van der Waals surface area contributed by atoms with Crippen molar-refractivity contribution < 1.29 is 0 Å². The molecule has 0 aliphatic carbocycles. The second-order valence-electron chi connectivity index (χ2n) is 4.03. The van der Waals surface area contributed by atoms with E-state index in [0.717, 1.165) is 22.0 Å². The van der Waals surface area contributed by atoms with Crippen LogP contribution in [-0.4, -0.2) is 20.3 Å². The number of nitrogens with one attached hydrogen (secondary N) is 2. The molecule has 2 heterocycles. The predicted molar refractivity (Wildman–Crippen MR) is 79.7 cm³/mol. The summed E-state index contributed by atoms with van der Waals surface area (Å²) in [7, 11) is 0. The Hall–Kier alpha value is -2.47. The summed E-state index contributed by atoms with van der Waals surface area (Å²) in [6, 6.07) is 9.87. The van der Waals surface area contributed by atoms with Gasteiger partial charge in [-0.15, -0.1) is 0 Å². The maximum absolute atomic E-state index is 5.48. The number of rotatable bonds is 2. The van der Waals surface area contributed by atoms with Crippen molar-refractivity contribution in [3.63, 3.8) is 0 Å². The highest BCUT2D eigenvalue weighted by atomic mass is 32.1. The van der Waals surface area contributed by atoms with Crippen LogP contribution in [0, 0.1) is 0 Å². The van der Waals surface area contributed by atoms with Crippen LogP contribution in [0.3, 0.4) is 0 Å². The number of anilines is 1. The minimum absolute atomic E-state index is 0.197. The van der Waals surface area contributed by atoms with Crippen molar-refractivity contribution in [2.45, 2.75) is 0 Å². The van der Waals surface area contributed by atoms with E-state index in [2.05, 4.69) is 20.5 Å². The average molecular weight is 269 g/mol. The van der Waals surface area contributed by atoms with Gasteiger partial charge < -0.3 is 11.1 Å². The van der Waals surface area contributed by atoms with Gasteiger partial charge in [-0.05, 0) is 36.0 Å². The monoisotopic (exact) mass is 269 g/mol. The lowest BCUT2D eigenvalue weighted by Crippen LogP contribution is -2.19. The van der Waals surface area contributed by atoms with E-state index >= 15 is 0 Å². The highest BCUT2D eigenvalue weighted by molar-refractivity contribution is 7.80. The number of fused-ring (bicyclic) bond motifs is 1. The van der Waals surface area contributed by atoms with Gasteiger partial charge >= 0.3 is 0 Å². The molecule has 0 aliphatic heterocycles. The first-order valence-corrected chi connectivity index (χ1v) is 6.10. The molecule has 94 valence electrons. The van der Waals surface area contributed by atoms with E-state index in [0.29, 0.717) is 5.82 Å². The largest absolute Gasteiger partial charge is 0.376 e. The van der Waals surface area contributed by atoms with Crippen molar-refractivity contribution in [3.8, 4) is 11.1 Å². The summed E-state index contributed by atoms with van der Waals surface area (Å²) in [5.74, 6) is 0.637. The van der Waals surface area contributed by atoms with Crippen molar-refractivity contribution in [1.82, 2.24) is 15.2 Å². The van der Waals surface area contributed by atoms with Crippen LogP contribution in [0.25, 0.3) is 22.0 Å². The van der Waals surface area contributed by atoms with Crippen LogP contribution in [0.2, 0.25) is 0 Å². The fourth-order valence-electron chi connectivity index (χ4n) is 2.03. The molecule has 0 aliphatic rings. The standard InChI is InChI=1S/C13H11N5S/c14-13(19)16-12-10-3-1-2-9(11(10)17-18-12)8-4-6-15-7-5-8/h1-7H,(H4,14,16,17,18,19). The van der Waals surface area contributed by atoms with Gasteiger partial charge in [-0.1, -0.05) is 12.1 Å². The summed E-state index contributed by atoms with van der Waals surface area (Å²) in [6.45, 7) is 0. The van der Waals surface area contributed by atoms with E-state index < -0.39 is 0 Å². The molecule has 0 radical (unpaired) electrons. The van der Waals surface area contributed by atoms with Crippen LogP contribution in [-0.2, 0) is 0 Å². The molecule has 19 heavy (non-hydrogen) atoms. The van der Waals surface area contributed by atoms with Crippen LogP contribution in [0.5, 0.6) is 0 Å². The first-order chi connectivity index (χ1) is 9.25. The summed E-state index contributed by atoms with van der Waals surface area (Å²) in [4.78, 5) is 4.02. The fraction of sp³-hybridized carbons (Fsp3) is 0. The molecule has 0 bridgehead atoms. The Morgan fingerprint density at radius 3 is 2.74 bits per heavy atom. The normalized spacial score (nSPS) is 10.5. The van der Waals surface area contributed by atoms with Crippen molar-refractivity contribution in [3.05, 3.63) is 42.7 Å². The zero-order valence-corrected chi connectivity index (χ0v) is 10.7. The minimum Gasteiger partial charge on any atom is -0.376 e. The number of pyridine rings is 1. The smallest absolute Gasteiger partial charge is 0.169 e. The summed E-state index contributed by atoms with van der Waals surface area (Å²) in [5, 5.41) is 11.2. The second kappa shape index (κ2) is 4.66. The number of aromatic amines is 1. The molecule has 1 aromatic carbocycles. The van der Waals surface area contributed by atoms with Crippen LogP contribution in [0.4, 0.5) is 5.82 Å². The molecule has 3 aromatic rings. The van der Waals surface area contributed by atoms with E-state index in [1.54, 1.807) is 12.4 Å². The Kier molecular flexibility index (Phi) is 2.85. The molecular weight excluding hydrogens is 258 g/mol. The topological polar surface area (TPSA) is 79.6 Å². The van der Waals surface area contributed by atoms with E-state index in [-0.39, 0.29) is 5.11 Å².